The van der Waals surface area contributed by atoms with Crippen molar-refractivity contribution in [1.82, 2.24) is 9.80 Å². The summed E-state index contributed by atoms with van der Waals surface area (Å²) in [6.45, 7) is 6.49. The highest BCUT2D eigenvalue weighted by Crippen LogP contribution is 2.34. The van der Waals surface area contributed by atoms with E-state index in [-0.39, 0.29) is 18.4 Å². The third-order valence-corrected chi connectivity index (χ3v) is 6.48. The van der Waals surface area contributed by atoms with Gasteiger partial charge in [0, 0.05) is 38.3 Å². The number of nitrogens with zero attached hydrogens (tertiary/aromatic N) is 3. The van der Waals surface area contributed by atoms with Crippen LogP contribution in [0.15, 0.2) is 72.8 Å². The van der Waals surface area contributed by atoms with Crippen molar-refractivity contribution >= 4 is 17.5 Å². The smallest absolute Gasteiger partial charge is 0.265 e. The Hall–Kier alpha value is -3.64. The molecule has 1 fully saturated rings. The number of hydrogen-bond acceptors (Lipinski definition) is 4. The molecule has 0 unspecified atom stereocenters. The molecule has 6 nitrogen and oxygen atoms in total. The molecule has 0 atom stereocenters. The monoisotopic (exact) mass is 455 g/mol. The number of carbonyl (C=O) groups is 2. The predicted molar refractivity (Wildman–Crippen MR) is 132 cm³/mol. The summed E-state index contributed by atoms with van der Waals surface area (Å²) in [6, 6.07) is 24.0. The highest BCUT2D eigenvalue weighted by Gasteiger charge is 2.28. The van der Waals surface area contributed by atoms with Crippen LogP contribution >= 0.6 is 0 Å². The molecule has 1 saturated heterocycles. The lowest BCUT2D eigenvalue weighted by Crippen LogP contribution is -2.48. The topological polar surface area (TPSA) is 53.1 Å². The number of piperazine rings is 1. The lowest BCUT2D eigenvalue weighted by molar-refractivity contribution is -0.121. The van der Waals surface area contributed by atoms with E-state index in [1.807, 2.05) is 48.2 Å². The molecule has 0 aliphatic carbocycles. The van der Waals surface area contributed by atoms with Gasteiger partial charge >= 0.3 is 0 Å². The largest absolute Gasteiger partial charge is 0.482 e. The van der Waals surface area contributed by atoms with Crippen LogP contribution in [0.2, 0.25) is 0 Å². The molecule has 0 radical (unpaired) electrons. The second kappa shape index (κ2) is 9.69. The summed E-state index contributed by atoms with van der Waals surface area (Å²) in [7, 11) is 0. The second-order valence-corrected chi connectivity index (χ2v) is 8.99. The maximum Gasteiger partial charge on any atom is 0.265 e. The van der Waals surface area contributed by atoms with Gasteiger partial charge in [-0.25, -0.2) is 0 Å². The van der Waals surface area contributed by atoms with Gasteiger partial charge in [0.25, 0.3) is 11.8 Å². The average molecular weight is 456 g/mol. The molecule has 2 aliphatic heterocycles. The summed E-state index contributed by atoms with van der Waals surface area (Å²) in [5.41, 5.74) is 4.82. The van der Waals surface area contributed by atoms with Crippen molar-refractivity contribution in [2.24, 2.45) is 0 Å². The molecule has 6 heteroatoms. The normalized spacial score (nSPS) is 16.2. The first-order valence-electron chi connectivity index (χ1n) is 11.7. The summed E-state index contributed by atoms with van der Waals surface area (Å²) in [5, 5.41) is 0. The van der Waals surface area contributed by atoms with Crippen molar-refractivity contribution in [3.05, 3.63) is 95.1 Å². The van der Waals surface area contributed by atoms with Crippen molar-refractivity contribution in [2.45, 2.75) is 20.0 Å². The number of amides is 2. The Morgan fingerprint density at radius 1 is 0.853 bits per heavy atom. The summed E-state index contributed by atoms with van der Waals surface area (Å²) in [6.07, 6.45) is 0. The van der Waals surface area contributed by atoms with Crippen LogP contribution in [0.4, 0.5) is 5.69 Å². The van der Waals surface area contributed by atoms with Gasteiger partial charge in [-0.1, -0.05) is 60.2 Å². The first-order valence-corrected chi connectivity index (χ1v) is 11.7. The van der Waals surface area contributed by atoms with Gasteiger partial charge in [-0.2, -0.15) is 0 Å². The molecule has 2 heterocycles. The third-order valence-electron chi connectivity index (χ3n) is 6.48. The summed E-state index contributed by atoms with van der Waals surface area (Å²) in [4.78, 5) is 31.8. The van der Waals surface area contributed by atoms with Crippen molar-refractivity contribution in [2.75, 3.05) is 37.7 Å². The molecule has 174 valence electrons. The number of hydrogen-bond donors (Lipinski definition) is 0. The molecule has 2 amide bonds. The first kappa shape index (κ1) is 22.2. The zero-order valence-corrected chi connectivity index (χ0v) is 19.4. The molecule has 0 bridgehead atoms. The number of fused-ring (bicyclic) bond motifs is 1. The minimum absolute atomic E-state index is 0.00731. The van der Waals surface area contributed by atoms with Crippen LogP contribution in [0, 0.1) is 6.92 Å². The number of rotatable bonds is 5. The summed E-state index contributed by atoms with van der Waals surface area (Å²) < 4.78 is 5.72. The van der Waals surface area contributed by atoms with E-state index < -0.39 is 0 Å². The van der Waals surface area contributed by atoms with Gasteiger partial charge in [0.15, 0.2) is 6.61 Å². The van der Waals surface area contributed by atoms with E-state index in [1.54, 1.807) is 11.0 Å². The van der Waals surface area contributed by atoms with E-state index in [9.17, 15) is 9.59 Å². The maximum atomic E-state index is 13.2. The molecule has 0 aromatic heterocycles. The van der Waals surface area contributed by atoms with Gasteiger partial charge in [0.1, 0.15) is 5.75 Å². The Kier molecular flexibility index (Phi) is 6.32. The zero-order chi connectivity index (χ0) is 23.5. The van der Waals surface area contributed by atoms with Crippen molar-refractivity contribution < 1.29 is 14.3 Å². The van der Waals surface area contributed by atoms with Crippen LogP contribution in [0.25, 0.3) is 0 Å². The molecule has 0 saturated carbocycles. The Morgan fingerprint density at radius 3 is 2.38 bits per heavy atom. The van der Waals surface area contributed by atoms with Crippen LogP contribution in [0.3, 0.4) is 0 Å². The lowest BCUT2D eigenvalue weighted by Gasteiger charge is -2.35. The quantitative estimate of drug-likeness (QED) is 0.586. The molecule has 2 aliphatic rings. The number of aryl methyl sites for hydroxylation is 1. The Labute approximate surface area is 200 Å². The van der Waals surface area contributed by atoms with Crippen LogP contribution in [0.5, 0.6) is 5.75 Å². The van der Waals surface area contributed by atoms with Gasteiger partial charge < -0.3 is 14.5 Å². The van der Waals surface area contributed by atoms with Gasteiger partial charge in [-0.3, -0.25) is 14.5 Å². The SMILES string of the molecule is Cc1cccc(CN2C(=O)COc3cc(C(=O)N4CCN(Cc5ccccc5)CC4)ccc32)c1. The van der Waals surface area contributed by atoms with Crippen LogP contribution in [-0.2, 0) is 17.9 Å². The molecule has 3 aromatic rings. The highest BCUT2D eigenvalue weighted by molar-refractivity contribution is 6.00. The van der Waals surface area contributed by atoms with E-state index in [1.165, 1.54) is 5.56 Å². The molecule has 34 heavy (non-hydrogen) atoms. The summed E-state index contributed by atoms with van der Waals surface area (Å²) in [5.74, 6) is 0.510. The second-order valence-electron chi connectivity index (χ2n) is 8.99. The fourth-order valence-corrected chi connectivity index (χ4v) is 4.64. The van der Waals surface area contributed by atoms with E-state index in [4.69, 9.17) is 4.74 Å². The van der Waals surface area contributed by atoms with E-state index in [0.717, 1.165) is 30.8 Å². The third kappa shape index (κ3) is 4.82. The number of ether oxygens (including phenoxy) is 1. The van der Waals surface area contributed by atoms with Gasteiger partial charge in [-0.05, 0) is 36.2 Å². The fraction of sp³-hybridized carbons (Fsp3) is 0.286. The minimum Gasteiger partial charge on any atom is -0.482 e. The standard InChI is InChI=1S/C28H29N3O3/c1-21-6-5-9-23(16-21)19-31-25-11-10-24(17-26(25)34-20-27(31)32)28(33)30-14-12-29(13-15-30)18-22-7-3-2-4-8-22/h2-11,16-17H,12-15,18-20H2,1H3. The van der Waals surface area contributed by atoms with E-state index >= 15 is 0 Å². The number of benzene rings is 3. The van der Waals surface area contributed by atoms with Gasteiger partial charge in [0.2, 0.25) is 0 Å². The predicted octanol–water partition coefficient (Wildman–Crippen LogP) is 3.88. The maximum absolute atomic E-state index is 13.2. The highest BCUT2D eigenvalue weighted by atomic mass is 16.5. The summed E-state index contributed by atoms with van der Waals surface area (Å²) >= 11 is 0. The zero-order valence-electron chi connectivity index (χ0n) is 19.4. The number of carbonyl (C=O) groups excluding carboxylic acids is 2. The molecule has 0 N–H and O–H groups in total. The van der Waals surface area contributed by atoms with E-state index in [2.05, 4.69) is 35.2 Å². The molecular weight excluding hydrogens is 426 g/mol. The Bertz CT molecular complexity index is 1190. The van der Waals surface area contributed by atoms with Crippen molar-refractivity contribution in [3.63, 3.8) is 0 Å². The van der Waals surface area contributed by atoms with Crippen LogP contribution < -0.4 is 9.64 Å². The van der Waals surface area contributed by atoms with Gasteiger partial charge in [-0.15, -0.1) is 0 Å². The average Bonchev–Trinajstić information content (AvgIpc) is 2.86. The number of anilines is 1. The Balaban J connectivity index is 1.26. The van der Waals surface area contributed by atoms with E-state index in [0.29, 0.717) is 36.6 Å². The molecule has 0 spiro atoms. The first-order chi connectivity index (χ1) is 16.6. The minimum atomic E-state index is -0.0809. The molecular formula is C28H29N3O3. The fourth-order valence-electron chi connectivity index (χ4n) is 4.64. The van der Waals surface area contributed by atoms with Gasteiger partial charge in [0.05, 0.1) is 12.2 Å². The van der Waals surface area contributed by atoms with Crippen LogP contribution in [-0.4, -0.2) is 54.4 Å². The lowest BCUT2D eigenvalue weighted by atomic mass is 10.1. The van der Waals surface area contributed by atoms with Crippen LogP contribution in [0.1, 0.15) is 27.0 Å². The van der Waals surface area contributed by atoms with Crippen molar-refractivity contribution in [1.29, 1.82) is 0 Å². The Morgan fingerprint density at radius 2 is 1.62 bits per heavy atom. The molecule has 5 rings (SSSR count). The molecule has 3 aromatic carbocycles. The van der Waals surface area contributed by atoms with Crippen molar-refractivity contribution in [3.8, 4) is 5.75 Å².